The molecule has 0 saturated heterocycles. The Balaban J connectivity index is 1.92. The number of nitro groups is 1. The van der Waals surface area contributed by atoms with Gasteiger partial charge >= 0.3 is 0 Å². The van der Waals surface area contributed by atoms with E-state index in [0.29, 0.717) is 20.5 Å². The Morgan fingerprint density at radius 3 is 2.68 bits per heavy atom. The molecule has 0 radical (unpaired) electrons. The topological polar surface area (TPSA) is 86.7 Å². The maximum atomic E-state index is 12.7. The van der Waals surface area contributed by atoms with Crippen LogP contribution < -0.4 is 14.8 Å². The van der Waals surface area contributed by atoms with Crippen LogP contribution in [0.25, 0.3) is 22.1 Å². The predicted octanol–water partition coefficient (Wildman–Crippen LogP) is 2.37. The molecule has 7 nitrogen and oxygen atoms in total. The molecule has 0 aliphatic rings. The van der Waals surface area contributed by atoms with E-state index in [1.165, 1.54) is 27.9 Å². The van der Waals surface area contributed by atoms with E-state index < -0.39 is 4.92 Å². The van der Waals surface area contributed by atoms with Gasteiger partial charge in [-0.2, -0.15) is 0 Å². The van der Waals surface area contributed by atoms with E-state index in [1.807, 2.05) is 24.3 Å². The average molecular weight is 353 g/mol. The van der Waals surface area contributed by atoms with Gasteiger partial charge in [0.2, 0.25) is 0 Å². The minimum Gasteiger partial charge on any atom is -0.497 e. The van der Waals surface area contributed by atoms with Crippen LogP contribution in [0.4, 0.5) is 5.69 Å². The molecule has 0 aliphatic heterocycles. The molecule has 2 heterocycles. The summed E-state index contributed by atoms with van der Waals surface area (Å²) in [5.41, 5.74) is 1.56. The second-order valence-electron chi connectivity index (χ2n) is 5.35. The van der Waals surface area contributed by atoms with E-state index in [9.17, 15) is 14.9 Å². The Kier molecular flexibility index (Phi) is 3.47. The first-order chi connectivity index (χ1) is 12.1. The molecule has 8 heteroatoms. The molecule has 25 heavy (non-hydrogen) atoms. The number of ether oxygens (including phenoxy) is 1. The van der Waals surface area contributed by atoms with E-state index in [1.54, 1.807) is 19.3 Å². The van der Waals surface area contributed by atoms with Gasteiger partial charge in [0.05, 0.1) is 27.6 Å². The normalized spacial score (nSPS) is 12.1. The standard InChI is InChI=1S/C17H11N3O4S/c1-24-12-5-2-10(3-6-12)8-15-16(21)19-14-9-11(20(22)23)4-7-13(14)18-17(19)25-15/h2-9H,1H3/b15-8+. The number of benzene rings is 2. The molecule has 0 amide bonds. The van der Waals surface area contributed by atoms with Crippen LogP contribution in [0.1, 0.15) is 5.56 Å². The maximum absolute atomic E-state index is 12.7. The van der Waals surface area contributed by atoms with E-state index in [2.05, 4.69) is 4.98 Å². The zero-order valence-corrected chi connectivity index (χ0v) is 13.8. The van der Waals surface area contributed by atoms with Crippen molar-refractivity contribution < 1.29 is 9.66 Å². The van der Waals surface area contributed by atoms with Crippen molar-refractivity contribution in [3.05, 3.63) is 73.0 Å². The highest BCUT2D eigenvalue weighted by atomic mass is 32.1. The fraction of sp³-hybridized carbons (Fsp3) is 0.0588. The van der Waals surface area contributed by atoms with E-state index in [4.69, 9.17) is 4.74 Å². The minimum absolute atomic E-state index is 0.0689. The molecule has 0 fully saturated rings. The van der Waals surface area contributed by atoms with Crippen molar-refractivity contribution >= 4 is 39.1 Å². The lowest BCUT2D eigenvalue weighted by molar-refractivity contribution is -0.384. The lowest BCUT2D eigenvalue weighted by Crippen LogP contribution is -2.22. The van der Waals surface area contributed by atoms with Gasteiger partial charge in [-0.15, -0.1) is 0 Å². The summed E-state index contributed by atoms with van der Waals surface area (Å²) >= 11 is 1.25. The largest absolute Gasteiger partial charge is 0.497 e. The monoisotopic (exact) mass is 353 g/mol. The van der Waals surface area contributed by atoms with Crippen molar-refractivity contribution in [1.82, 2.24) is 9.38 Å². The van der Waals surface area contributed by atoms with Crippen molar-refractivity contribution in [3.63, 3.8) is 0 Å². The van der Waals surface area contributed by atoms with Crippen LogP contribution in [-0.2, 0) is 0 Å². The third kappa shape index (κ3) is 2.52. The van der Waals surface area contributed by atoms with Crippen molar-refractivity contribution in [2.75, 3.05) is 7.11 Å². The van der Waals surface area contributed by atoms with Crippen molar-refractivity contribution in [2.24, 2.45) is 0 Å². The number of imidazole rings is 1. The highest BCUT2D eigenvalue weighted by molar-refractivity contribution is 7.15. The van der Waals surface area contributed by atoms with Gasteiger partial charge in [0, 0.05) is 12.1 Å². The van der Waals surface area contributed by atoms with Gasteiger partial charge in [0.1, 0.15) is 5.75 Å². The summed E-state index contributed by atoms with van der Waals surface area (Å²) in [6.45, 7) is 0. The molecule has 4 rings (SSSR count). The molecule has 0 N–H and O–H groups in total. The third-order valence-electron chi connectivity index (χ3n) is 3.85. The molecule has 0 bridgehead atoms. The quantitative estimate of drug-likeness (QED) is 0.417. The summed E-state index contributed by atoms with van der Waals surface area (Å²) in [6, 6.07) is 11.6. The average Bonchev–Trinajstić information content (AvgIpc) is 3.11. The fourth-order valence-corrected chi connectivity index (χ4v) is 3.60. The number of methoxy groups -OCH3 is 1. The van der Waals surface area contributed by atoms with Crippen LogP contribution in [0.15, 0.2) is 47.3 Å². The Morgan fingerprint density at radius 2 is 2.00 bits per heavy atom. The summed E-state index contributed by atoms with van der Waals surface area (Å²) in [5.74, 6) is 0.735. The SMILES string of the molecule is COc1ccc(/C=c2/sc3nc4ccc([N+](=O)[O-])cc4n3c2=O)cc1. The first-order valence-corrected chi connectivity index (χ1v) is 8.13. The number of hydrogen-bond acceptors (Lipinski definition) is 6. The number of hydrogen-bond donors (Lipinski definition) is 0. The Labute approximate surface area is 144 Å². The minimum atomic E-state index is -0.486. The molecule has 0 unspecified atom stereocenters. The Bertz CT molecular complexity index is 1220. The molecular weight excluding hydrogens is 342 g/mol. The van der Waals surface area contributed by atoms with E-state index >= 15 is 0 Å². The number of nitrogens with zero attached hydrogens (tertiary/aromatic N) is 3. The lowest BCUT2D eigenvalue weighted by Gasteiger charge is -1.98. The summed E-state index contributed by atoms with van der Waals surface area (Å²) < 4.78 is 7.05. The molecule has 0 aliphatic carbocycles. The number of fused-ring (bicyclic) bond motifs is 3. The first-order valence-electron chi connectivity index (χ1n) is 7.32. The van der Waals surface area contributed by atoms with Gasteiger partial charge in [0.25, 0.3) is 11.2 Å². The second kappa shape index (κ2) is 5.67. The van der Waals surface area contributed by atoms with Gasteiger partial charge in [-0.1, -0.05) is 23.5 Å². The first kappa shape index (κ1) is 15.3. The van der Waals surface area contributed by atoms with Crippen LogP contribution in [0.5, 0.6) is 5.75 Å². The number of non-ortho nitro benzene ring substituents is 1. The summed E-state index contributed by atoms with van der Waals surface area (Å²) in [7, 11) is 1.59. The Hall–Kier alpha value is -3.26. The zero-order valence-electron chi connectivity index (χ0n) is 13.0. The van der Waals surface area contributed by atoms with Gasteiger partial charge in [-0.3, -0.25) is 14.9 Å². The van der Waals surface area contributed by atoms with Gasteiger partial charge in [-0.05, 0) is 29.8 Å². The number of aromatic nitrogens is 2. The highest BCUT2D eigenvalue weighted by Gasteiger charge is 2.14. The molecule has 2 aromatic heterocycles. The van der Waals surface area contributed by atoms with Gasteiger partial charge < -0.3 is 4.74 Å². The smallest absolute Gasteiger partial charge is 0.274 e. The molecule has 0 atom stereocenters. The van der Waals surface area contributed by atoms with Crippen molar-refractivity contribution in [2.45, 2.75) is 0 Å². The number of rotatable bonds is 3. The van der Waals surface area contributed by atoms with Crippen LogP contribution in [0.2, 0.25) is 0 Å². The summed E-state index contributed by atoms with van der Waals surface area (Å²) in [4.78, 5) is 28.1. The van der Waals surface area contributed by atoms with Crippen LogP contribution in [0, 0.1) is 10.1 Å². The third-order valence-corrected chi connectivity index (χ3v) is 4.82. The molecular formula is C17H11N3O4S. The fourth-order valence-electron chi connectivity index (χ4n) is 2.61. The predicted molar refractivity (Wildman–Crippen MR) is 95.3 cm³/mol. The Morgan fingerprint density at radius 1 is 1.24 bits per heavy atom. The van der Waals surface area contributed by atoms with Crippen LogP contribution in [0.3, 0.4) is 0 Å². The van der Waals surface area contributed by atoms with Gasteiger partial charge in [-0.25, -0.2) is 9.38 Å². The van der Waals surface area contributed by atoms with Crippen LogP contribution >= 0.6 is 11.3 Å². The van der Waals surface area contributed by atoms with Crippen molar-refractivity contribution in [1.29, 1.82) is 0 Å². The maximum Gasteiger partial charge on any atom is 0.274 e. The number of thiazole rings is 1. The van der Waals surface area contributed by atoms with Crippen LogP contribution in [-0.4, -0.2) is 21.4 Å². The summed E-state index contributed by atoms with van der Waals surface area (Å²) in [6.07, 6.45) is 1.77. The second-order valence-corrected chi connectivity index (χ2v) is 6.36. The molecule has 4 aromatic rings. The lowest BCUT2D eigenvalue weighted by atomic mass is 10.2. The molecule has 124 valence electrons. The van der Waals surface area contributed by atoms with E-state index in [-0.39, 0.29) is 11.2 Å². The highest BCUT2D eigenvalue weighted by Crippen LogP contribution is 2.22. The van der Waals surface area contributed by atoms with E-state index in [0.717, 1.165) is 11.3 Å². The zero-order chi connectivity index (χ0) is 17.6. The van der Waals surface area contributed by atoms with Crippen molar-refractivity contribution in [3.8, 4) is 5.75 Å². The molecule has 2 aromatic carbocycles. The summed E-state index contributed by atoms with van der Waals surface area (Å²) in [5, 5.41) is 11.0. The molecule has 0 saturated carbocycles. The van der Waals surface area contributed by atoms with Gasteiger partial charge in [0.15, 0.2) is 4.96 Å². The molecule has 0 spiro atoms. The number of nitro benzene ring substituents is 1.